The molecule has 2 aliphatic heterocycles. The van der Waals surface area contributed by atoms with Gasteiger partial charge < -0.3 is 4.74 Å². The topological polar surface area (TPSA) is 24.9 Å². The van der Waals surface area contributed by atoms with Crippen LogP contribution in [0.2, 0.25) is 0 Å². The first-order valence-electron chi connectivity index (χ1n) is 4.97. The van der Waals surface area contributed by atoms with Gasteiger partial charge in [-0.15, -0.1) is 0 Å². The summed E-state index contributed by atoms with van der Waals surface area (Å²) in [4.78, 5) is 4.31. The van der Waals surface area contributed by atoms with Crippen molar-refractivity contribution in [1.29, 1.82) is 0 Å². The van der Waals surface area contributed by atoms with E-state index >= 15 is 0 Å². The van der Waals surface area contributed by atoms with Crippen LogP contribution >= 0.6 is 0 Å². The number of rotatable bonds is 2. The molecule has 0 radical (unpaired) electrons. The van der Waals surface area contributed by atoms with Gasteiger partial charge in [-0.25, -0.2) is 0 Å². The van der Waals surface area contributed by atoms with Crippen LogP contribution in [-0.2, 0) is 4.74 Å². The van der Waals surface area contributed by atoms with E-state index in [1.54, 1.807) is 0 Å². The smallest absolute Gasteiger partial charge is 0.130 e. The summed E-state index contributed by atoms with van der Waals surface area (Å²) in [5, 5.41) is 0. The van der Waals surface area contributed by atoms with Gasteiger partial charge in [0.05, 0.1) is 6.10 Å². The van der Waals surface area contributed by atoms with Gasteiger partial charge in [-0.3, -0.25) is 4.99 Å². The fourth-order valence-corrected chi connectivity index (χ4v) is 2.05. The van der Waals surface area contributed by atoms with E-state index in [0.717, 1.165) is 6.54 Å². The number of hydrogen-bond donors (Lipinski definition) is 0. The summed E-state index contributed by atoms with van der Waals surface area (Å²) < 4.78 is 5.75. The van der Waals surface area contributed by atoms with Gasteiger partial charge in [0.2, 0.25) is 0 Å². The van der Waals surface area contributed by atoms with E-state index in [2.05, 4.69) is 18.8 Å². The zero-order valence-corrected chi connectivity index (χ0v) is 7.92. The highest BCUT2D eigenvalue weighted by atomic mass is 16.6. The molecule has 1 fully saturated rings. The Morgan fingerprint density at radius 3 is 3.17 bits per heavy atom. The molecule has 0 aromatic carbocycles. The standard InChI is InChI=1S/C10H17NO/c1-3-8(2)9-10(12-9)5-4-6-11-7-10/h7-9H,3-6H2,1-2H3/t8-,9-,10+/m1/s1. The molecule has 3 atom stereocenters. The van der Waals surface area contributed by atoms with Crippen LogP contribution in [0.4, 0.5) is 0 Å². The summed E-state index contributed by atoms with van der Waals surface area (Å²) in [5.74, 6) is 0.689. The lowest BCUT2D eigenvalue weighted by molar-refractivity contribution is 0.299. The summed E-state index contributed by atoms with van der Waals surface area (Å²) in [7, 11) is 0. The average molecular weight is 167 g/mol. The first kappa shape index (κ1) is 8.24. The maximum Gasteiger partial charge on any atom is 0.130 e. The van der Waals surface area contributed by atoms with Crippen molar-refractivity contribution in [1.82, 2.24) is 0 Å². The Kier molecular flexibility index (Phi) is 1.95. The van der Waals surface area contributed by atoms with E-state index in [4.69, 9.17) is 4.74 Å². The largest absolute Gasteiger partial charge is 0.360 e. The van der Waals surface area contributed by atoms with Crippen LogP contribution in [0.25, 0.3) is 0 Å². The fraction of sp³-hybridized carbons (Fsp3) is 0.900. The van der Waals surface area contributed by atoms with Gasteiger partial charge in [-0.1, -0.05) is 20.3 Å². The Morgan fingerprint density at radius 1 is 1.75 bits per heavy atom. The Hall–Kier alpha value is -0.370. The van der Waals surface area contributed by atoms with Crippen molar-refractivity contribution in [2.24, 2.45) is 10.9 Å². The van der Waals surface area contributed by atoms with Crippen molar-refractivity contribution in [3.8, 4) is 0 Å². The van der Waals surface area contributed by atoms with Crippen molar-refractivity contribution in [2.45, 2.75) is 44.8 Å². The van der Waals surface area contributed by atoms with Gasteiger partial charge in [0.25, 0.3) is 0 Å². The molecule has 0 aromatic heterocycles. The molecule has 12 heavy (non-hydrogen) atoms. The highest BCUT2D eigenvalue weighted by molar-refractivity contribution is 5.74. The molecule has 0 unspecified atom stereocenters. The number of ether oxygens (including phenoxy) is 1. The van der Waals surface area contributed by atoms with Crippen LogP contribution < -0.4 is 0 Å². The van der Waals surface area contributed by atoms with Crippen LogP contribution in [0.5, 0.6) is 0 Å². The SMILES string of the molecule is CC[C@@H](C)[C@H]1O[C@@]12C=NCCC2. The maximum absolute atomic E-state index is 5.75. The molecule has 0 bridgehead atoms. The van der Waals surface area contributed by atoms with Gasteiger partial charge in [-0.2, -0.15) is 0 Å². The number of hydrogen-bond acceptors (Lipinski definition) is 2. The number of epoxide rings is 1. The minimum atomic E-state index is 0.0771. The van der Waals surface area contributed by atoms with Gasteiger partial charge in [0.15, 0.2) is 0 Å². The molecule has 1 saturated heterocycles. The van der Waals surface area contributed by atoms with Crippen LogP contribution in [-0.4, -0.2) is 24.5 Å². The average Bonchev–Trinajstić information content (AvgIpc) is 2.80. The highest BCUT2D eigenvalue weighted by Gasteiger charge is 2.57. The molecule has 1 spiro atoms. The molecule has 0 saturated carbocycles. The van der Waals surface area contributed by atoms with Crippen LogP contribution in [0.15, 0.2) is 4.99 Å². The molecular formula is C10H17NO. The molecule has 0 aromatic rings. The van der Waals surface area contributed by atoms with Crippen molar-refractivity contribution in [3.05, 3.63) is 0 Å². The Balaban J connectivity index is 1.99. The minimum Gasteiger partial charge on any atom is -0.360 e. The summed E-state index contributed by atoms with van der Waals surface area (Å²) in [6, 6.07) is 0. The van der Waals surface area contributed by atoms with Gasteiger partial charge in [-0.05, 0) is 18.8 Å². The first-order valence-corrected chi connectivity index (χ1v) is 4.97. The molecule has 2 heteroatoms. The lowest BCUT2D eigenvalue weighted by atomic mass is 9.90. The maximum atomic E-state index is 5.75. The lowest BCUT2D eigenvalue weighted by Gasteiger charge is -2.13. The summed E-state index contributed by atoms with van der Waals surface area (Å²) in [5.41, 5.74) is 0.0771. The fourth-order valence-electron chi connectivity index (χ4n) is 2.05. The first-order chi connectivity index (χ1) is 5.78. The summed E-state index contributed by atoms with van der Waals surface area (Å²) in [6.45, 7) is 5.49. The predicted molar refractivity (Wildman–Crippen MR) is 49.7 cm³/mol. The van der Waals surface area contributed by atoms with E-state index in [1.807, 2.05) is 6.21 Å². The van der Waals surface area contributed by atoms with Crippen molar-refractivity contribution < 1.29 is 4.74 Å². The molecule has 0 amide bonds. The van der Waals surface area contributed by atoms with E-state index < -0.39 is 0 Å². The second-order valence-electron chi connectivity index (χ2n) is 4.02. The van der Waals surface area contributed by atoms with Crippen molar-refractivity contribution in [3.63, 3.8) is 0 Å². The lowest BCUT2D eigenvalue weighted by Crippen LogP contribution is -2.24. The van der Waals surface area contributed by atoms with Gasteiger partial charge >= 0.3 is 0 Å². The molecule has 2 nitrogen and oxygen atoms in total. The zero-order chi connectivity index (χ0) is 8.60. The third-order valence-electron chi connectivity index (χ3n) is 3.10. The Bertz CT molecular complexity index is 202. The van der Waals surface area contributed by atoms with Crippen LogP contribution in [0.3, 0.4) is 0 Å². The molecule has 68 valence electrons. The second-order valence-corrected chi connectivity index (χ2v) is 4.02. The van der Waals surface area contributed by atoms with E-state index in [1.165, 1.54) is 19.3 Å². The second kappa shape index (κ2) is 2.84. The van der Waals surface area contributed by atoms with Crippen molar-refractivity contribution >= 4 is 6.21 Å². The van der Waals surface area contributed by atoms with Crippen LogP contribution in [0, 0.1) is 5.92 Å². The number of nitrogens with zero attached hydrogens (tertiary/aromatic N) is 1. The molecule has 2 heterocycles. The van der Waals surface area contributed by atoms with Crippen LogP contribution in [0.1, 0.15) is 33.1 Å². The van der Waals surface area contributed by atoms with E-state index in [9.17, 15) is 0 Å². The minimum absolute atomic E-state index is 0.0771. The quantitative estimate of drug-likeness (QED) is 0.578. The Labute approximate surface area is 74.0 Å². The predicted octanol–water partition coefficient (Wildman–Crippen LogP) is 2.03. The summed E-state index contributed by atoms with van der Waals surface area (Å²) >= 11 is 0. The van der Waals surface area contributed by atoms with Gasteiger partial charge in [0.1, 0.15) is 5.60 Å². The van der Waals surface area contributed by atoms with E-state index in [0.29, 0.717) is 12.0 Å². The monoisotopic (exact) mass is 167 g/mol. The molecular weight excluding hydrogens is 150 g/mol. The molecule has 0 aliphatic carbocycles. The summed E-state index contributed by atoms with van der Waals surface area (Å²) in [6.07, 6.45) is 6.11. The Morgan fingerprint density at radius 2 is 2.58 bits per heavy atom. The molecule has 0 N–H and O–H groups in total. The third-order valence-corrected chi connectivity index (χ3v) is 3.10. The highest BCUT2D eigenvalue weighted by Crippen LogP contribution is 2.45. The molecule has 2 aliphatic rings. The van der Waals surface area contributed by atoms with Gasteiger partial charge in [0, 0.05) is 12.8 Å². The normalized spacial score (nSPS) is 41.7. The zero-order valence-electron chi connectivity index (χ0n) is 7.92. The molecule has 2 rings (SSSR count). The third kappa shape index (κ3) is 1.18. The van der Waals surface area contributed by atoms with Crippen molar-refractivity contribution in [2.75, 3.05) is 6.54 Å². The van der Waals surface area contributed by atoms with E-state index in [-0.39, 0.29) is 5.60 Å². The number of aliphatic imine (C=N–C) groups is 1.